The normalized spacial score (nSPS) is 16.1. The van der Waals surface area contributed by atoms with Gasteiger partial charge in [-0.05, 0) is 48.6 Å². The molecule has 3 heterocycles. The number of ether oxygens (including phenoxy) is 1. The molecule has 0 aliphatic carbocycles. The van der Waals surface area contributed by atoms with E-state index in [9.17, 15) is 4.79 Å². The average molecular weight is 450 g/mol. The first-order valence-electron chi connectivity index (χ1n) is 11.9. The molecule has 6 rings (SSSR count). The van der Waals surface area contributed by atoms with E-state index in [0.29, 0.717) is 13.2 Å². The summed E-state index contributed by atoms with van der Waals surface area (Å²) >= 11 is 0. The lowest BCUT2D eigenvalue weighted by Gasteiger charge is -2.36. The first kappa shape index (κ1) is 20.8. The Kier molecular flexibility index (Phi) is 5.19. The molecule has 5 heteroatoms. The Bertz CT molecular complexity index is 1550. The number of hydrogen-bond donors (Lipinski definition) is 2. The van der Waals surface area contributed by atoms with Crippen LogP contribution in [0.4, 0.5) is 0 Å². The molecule has 5 nitrogen and oxygen atoms in total. The van der Waals surface area contributed by atoms with Gasteiger partial charge in [0.2, 0.25) is 0 Å². The van der Waals surface area contributed by atoms with Crippen molar-refractivity contribution in [2.75, 3.05) is 13.2 Å². The highest BCUT2D eigenvalue weighted by Crippen LogP contribution is 2.42. The highest BCUT2D eigenvalue weighted by molar-refractivity contribution is 5.85. The molecule has 5 aromatic rings. The second-order valence-electron chi connectivity index (χ2n) is 8.87. The highest BCUT2D eigenvalue weighted by atomic mass is 16.5. The van der Waals surface area contributed by atoms with E-state index in [4.69, 9.17) is 4.74 Å². The van der Waals surface area contributed by atoms with Gasteiger partial charge in [0.1, 0.15) is 5.75 Å². The minimum atomic E-state index is -0.0372. The first-order chi connectivity index (χ1) is 16.7. The third-order valence-corrected chi connectivity index (χ3v) is 6.85. The number of benzene rings is 3. The quantitative estimate of drug-likeness (QED) is 0.370. The molecule has 0 unspecified atom stereocenters. The molecule has 0 fully saturated rings. The summed E-state index contributed by atoms with van der Waals surface area (Å²) in [6.07, 6.45) is 0.929. The topological polar surface area (TPSA) is 61.1 Å². The van der Waals surface area contributed by atoms with Gasteiger partial charge in [0.15, 0.2) is 0 Å². The van der Waals surface area contributed by atoms with E-state index < -0.39 is 0 Å². The zero-order valence-corrected chi connectivity index (χ0v) is 19.2. The zero-order valence-electron chi connectivity index (χ0n) is 19.2. The van der Waals surface area contributed by atoms with Gasteiger partial charge in [-0.3, -0.25) is 9.69 Å². The van der Waals surface area contributed by atoms with Crippen molar-refractivity contribution in [3.05, 3.63) is 112 Å². The van der Waals surface area contributed by atoms with Crippen molar-refractivity contribution in [1.29, 1.82) is 0 Å². The van der Waals surface area contributed by atoms with Crippen molar-refractivity contribution < 1.29 is 4.74 Å². The molecule has 0 saturated carbocycles. The number of pyridine rings is 1. The maximum absolute atomic E-state index is 13.0. The second-order valence-corrected chi connectivity index (χ2v) is 8.87. The number of nitrogens with one attached hydrogen (secondary N) is 2. The van der Waals surface area contributed by atoms with Crippen LogP contribution in [0.1, 0.15) is 35.3 Å². The molecule has 2 N–H and O–H groups in total. The van der Waals surface area contributed by atoms with Crippen LogP contribution in [-0.4, -0.2) is 28.0 Å². The van der Waals surface area contributed by atoms with Crippen LogP contribution in [0.2, 0.25) is 0 Å². The number of aromatic nitrogens is 2. The summed E-state index contributed by atoms with van der Waals surface area (Å²) in [7, 11) is 0. The number of H-pyrrole nitrogens is 2. The standard InChI is InChI=1S/C29H27N3O2/c1-2-34-26-14-8-5-11-23(26)28-27-22(21-10-4-7-13-25(21)30-27)15-16-32(28)18-20-17-19-9-3-6-12-24(19)31-29(20)33/h3-14,17,28,30H,2,15-16,18H2,1H3,(H,31,33)/t28-/m1/s1. The van der Waals surface area contributed by atoms with Gasteiger partial charge in [-0.2, -0.15) is 0 Å². The van der Waals surface area contributed by atoms with Crippen LogP contribution in [0.25, 0.3) is 21.8 Å². The molecule has 3 aromatic carbocycles. The van der Waals surface area contributed by atoms with Crippen LogP contribution >= 0.6 is 0 Å². The largest absolute Gasteiger partial charge is 0.494 e. The Labute approximate surface area is 198 Å². The molecular formula is C29H27N3O2. The summed E-state index contributed by atoms with van der Waals surface area (Å²) in [4.78, 5) is 22.2. The maximum Gasteiger partial charge on any atom is 0.252 e. The third kappa shape index (κ3) is 3.49. The Balaban J connectivity index is 1.49. The smallest absolute Gasteiger partial charge is 0.252 e. The molecule has 2 aromatic heterocycles. The lowest BCUT2D eigenvalue weighted by Crippen LogP contribution is -2.37. The monoisotopic (exact) mass is 449 g/mol. The molecular weight excluding hydrogens is 422 g/mol. The van der Waals surface area contributed by atoms with Gasteiger partial charge in [-0.15, -0.1) is 0 Å². The van der Waals surface area contributed by atoms with Crippen LogP contribution in [0.3, 0.4) is 0 Å². The fourth-order valence-electron chi connectivity index (χ4n) is 5.34. The van der Waals surface area contributed by atoms with Crippen molar-refractivity contribution in [3.63, 3.8) is 0 Å². The minimum Gasteiger partial charge on any atom is -0.494 e. The van der Waals surface area contributed by atoms with E-state index in [1.54, 1.807) is 0 Å². The first-order valence-corrected chi connectivity index (χ1v) is 11.9. The SMILES string of the molecule is CCOc1ccccc1[C@@H]1c2[nH]c3ccccc3c2CCN1Cc1cc2ccccc2[nH]c1=O. The number of hydrogen-bond acceptors (Lipinski definition) is 3. The average Bonchev–Trinajstić information content (AvgIpc) is 3.24. The van der Waals surface area contributed by atoms with Gasteiger partial charge in [-0.25, -0.2) is 0 Å². The van der Waals surface area contributed by atoms with Gasteiger partial charge in [0.05, 0.1) is 12.6 Å². The fraction of sp³-hybridized carbons (Fsp3) is 0.207. The van der Waals surface area contributed by atoms with Gasteiger partial charge in [-0.1, -0.05) is 54.6 Å². The van der Waals surface area contributed by atoms with Crippen LogP contribution in [0, 0.1) is 0 Å². The summed E-state index contributed by atoms with van der Waals surface area (Å²) in [6.45, 7) is 4.03. The number of aromatic amines is 2. The van der Waals surface area contributed by atoms with Crippen LogP contribution in [-0.2, 0) is 13.0 Å². The fourth-order valence-corrected chi connectivity index (χ4v) is 5.34. The number of nitrogens with zero attached hydrogens (tertiary/aromatic N) is 1. The lowest BCUT2D eigenvalue weighted by molar-refractivity contribution is 0.196. The van der Waals surface area contributed by atoms with Crippen LogP contribution in [0.5, 0.6) is 5.75 Å². The molecule has 0 spiro atoms. The molecule has 1 aliphatic rings. The van der Waals surface area contributed by atoms with Crippen molar-refractivity contribution >= 4 is 21.8 Å². The van der Waals surface area contributed by atoms with Crippen molar-refractivity contribution in [1.82, 2.24) is 14.9 Å². The van der Waals surface area contributed by atoms with Crippen molar-refractivity contribution in [2.24, 2.45) is 0 Å². The number of para-hydroxylation sites is 3. The molecule has 0 saturated heterocycles. The van der Waals surface area contributed by atoms with Crippen molar-refractivity contribution in [3.8, 4) is 5.75 Å². The molecule has 34 heavy (non-hydrogen) atoms. The highest BCUT2D eigenvalue weighted by Gasteiger charge is 2.33. The van der Waals surface area contributed by atoms with Gasteiger partial charge in [0, 0.05) is 46.3 Å². The zero-order chi connectivity index (χ0) is 23.1. The molecule has 170 valence electrons. The van der Waals surface area contributed by atoms with Crippen LogP contribution < -0.4 is 10.3 Å². The van der Waals surface area contributed by atoms with Gasteiger partial charge in [0.25, 0.3) is 5.56 Å². The molecule has 1 atom stereocenters. The predicted octanol–water partition coefficient (Wildman–Crippen LogP) is 5.56. The van der Waals surface area contributed by atoms with Crippen LogP contribution in [0.15, 0.2) is 83.7 Å². The predicted molar refractivity (Wildman–Crippen MR) is 136 cm³/mol. The van der Waals surface area contributed by atoms with E-state index in [1.165, 1.54) is 16.6 Å². The van der Waals surface area contributed by atoms with E-state index in [-0.39, 0.29) is 11.6 Å². The number of rotatable bonds is 5. The van der Waals surface area contributed by atoms with E-state index >= 15 is 0 Å². The molecule has 0 amide bonds. The molecule has 0 bridgehead atoms. The Hall–Kier alpha value is -3.83. The van der Waals surface area contributed by atoms with Gasteiger partial charge >= 0.3 is 0 Å². The maximum atomic E-state index is 13.0. The third-order valence-electron chi connectivity index (χ3n) is 6.85. The molecule has 0 radical (unpaired) electrons. The summed E-state index contributed by atoms with van der Waals surface area (Å²) in [6, 6.07) is 26.7. The van der Waals surface area contributed by atoms with E-state index in [2.05, 4.69) is 51.3 Å². The summed E-state index contributed by atoms with van der Waals surface area (Å²) in [5, 5.41) is 2.33. The van der Waals surface area contributed by atoms with E-state index in [1.807, 2.05) is 49.4 Å². The summed E-state index contributed by atoms with van der Waals surface area (Å²) in [5.41, 5.74) is 6.43. The lowest BCUT2D eigenvalue weighted by atomic mass is 9.91. The molecule has 1 aliphatic heterocycles. The second kappa shape index (κ2) is 8.50. The summed E-state index contributed by atoms with van der Waals surface area (Å²) < 4.78 is 6.05. The Morgan fingerprint density at radius 1 is 0.941 bits per heavy atom. The minimum absolute atomic E-state index is 0.0296. The Morgan fingerprint density at radius 3 is 2.59 bits per heavy atom. The van der Waals surface area contributed by atoms with Gasteiger partial charge < -0.3 is 14.7 Å². The Morgan fingerprint density at radius 2 is 1.71 bits per heavy atom. The van der Waals surface area contributed by atoms with Crippen molar-refractivity contribution in [2.45, 2.75) is 25.9 Å². The van der Waals surface area contributed by atoms with E-state index in [0.717, 1.165) is 46.3 Å². The number of fused-ring (bicyclic) bond motifs is 4. The summed E-state index contributed by atoms with van der Waals surface area (Å²) in [5.74, 6) is 0.888.